The minimum Gasteiger partial charge on any atom is -0.453 e. The molecular formula is C20H17Cl2N5O5. The molecule has 3 rings (SSSR count). The van der Waals surface area contributed by atoms with E-state index in [2.05, 4.69) is 15.3 Å². The van der Waals surface area contributed by atoms with Gasteiger partial charge in [0.05, 0.1) is 28.5 Å². The number of ether oxygens (including phenoxy) is 2. The molecule has 2 amide bonds. The Morgan fingerprint density at radius 1 is 1.28 bits per heavy atom. The van der Waals surface area contributed by atoms with Gasteiger partial charge in [-0.2, -0.15) is 10.4 Å². The van der Waals surface area contributed by atoms with E-state index in [0.29, 0.717) is 5.75 Å². The number of hydrazone groups is 1. The molecule has 1 aromatic carbocycles. The molecule has 1 aromatic heterocycles. The van der Waals surface area contributed by atoms with E-state index < -0.39 is 17.7 Å². The number of rotatable bonds is 7. The molecule has 0 radical (unpaired) electrons. The number of nitrogens with one attached hydrogen (secondary N) is 2. The summed E-state index contributed by atoms with van der Waals surface area (Å²) >= 11 is 12.5. The molecule has 0 aliphatic heterocycles. The Morgan fingerprint density at radius 3 is 2.56 bits per heavy atom. The van der Waals surface area contributed by atoms with Gasteiger partial charge >= 0.3 is 6.09 Å². The number of halogens is 2. The van der Waals surface area contributed by atoms with Gasteiger partial charge in [-0.05, 0) is 38.0 Å². The first-order valence-electron chi connectivity index (χ1n) is 9.43. The SMILES string of the molecule is CCOC(=O)NC(=O)C(C#N)=NNc1cc(Cl)c(Oc2ccc(=O)n(C3CC3)c2)c(Cl)c1. The second-order valence-electron chi connectivity index (χ2n) is 6.57. The first kappa shape index (κ1) is 23.1. The number of pyridine rings is 1. The molecular weight excluding hydrogens is 461 g/mol. The standard InChI is InChI=1S/C20H17Cl2N5O5/c1-2-31-20(30)24-19(29)16(9-23)26-25-11-7-14(21)18(15(22)8-11)32-13-5-6-17(28)27(10-13)12-3-4-12/h5-8,10,12,25H,2-4H2,1H3,(H,24,29,30). The highest BCUT2D eigenvalue weighted by molar-refractivity contribution is 6.47. The third-order valence-electron chi connectivity index (χ3n) is 4.18. The van der Waals surface area contributed by atoms with Crippen LogP contribution in [0.3, 0.4) is 0 Å². The van der Waals surface area contributed by atoms with E-state index >= 15 is 0 Å². The zero-order valence-electron chi connectivity index (χ0n) is 16.7. The molecule has 0 spiro atoms. The molecule has 2 N–H and O–H groups in total. The molecule has 1 fully saturated rings. The summed E-state index contributed by atoms with van der Waals surface area (Å²) in [5.74, 6) is -0.493. The summed E-state index contributed by atoms with van der Waals surface area (Å²) in [7, 11) is 0. The summed E-state index contributed by atoms with van der Waals surface area (Å²) in [5.41, 5.74) is 2.00. The largest absolute Gasteiger partial charge is 0.453 e. The van der Waals surface area contributed by atoms with Crippen molar-refractivity contribution >= 4 is 46.6 Å². The van der Waals surface area contributed by atoms with Crippen molar-refractivity contribution < 1.29 is 19.1 Å². The number of carbonyl (C=O) groups excluding carboxylic acids is 2. The molecule has 166 valence electrons. The molecule has 1 aliphatic rings. The zero-order valence-corrected chi connectivity index (χ0v) is 18.2. The Labute approximate surface area is 192 Å². The monoisotopic (exact) mass is 477 g/mol. The molecule has 0 saturated heterocycles. The van der Waals surface area contributed by atoms with Crippen LogP contribution < -0.4 is 21.0 Å². The van der Waals surface area contributed by atoms with Crippen LogP contribution in [0.25, 0.3) is 0 Å². The number of hydrogen-bond acceptors (Lipinski definition) is 8. The van der Waals surface area contributed by atoms with Gasteiger partial charge in [0.25, 0.3) is 11.5 Å². The average molecular weight is 478 g/mol. The van der Waals surface area contributed by atoms with Crippen LogP contribution in [0.2, 0.25) is 10.0 Å². The van der Waals surface area contributed by atoms with Crippen molar-refractivity contribution in [1.29, 1.82) is 5.26 Å². The number of benzene rings is 1. The van der Waals surface area contributed by atoms with Crippen LogP contribution in [0.1, 0.15) is 25.8 Å². The third-order valence-corrected chi connectivity index (χ3v) is 4.74. The lowest BCUT2D eigenvalue weighted by molar-refractivity contribution is -0.114. The second-order valence-corrected chi connectivity index (χ2v) is 7.39. The van der Waals surface area contributed by atoms with E-state index in [4.69, 9.17) is 33.2 Å². The summed E-state index contributed by atoms with van der Waals surface area (Å²) in [4.78, 5) is 35.1. The Hall–Kier alpha value is -3.55. The predicted molar refractivity (Wildman–Crippen MR) is 117 cm³/mol. The van der Waals surface area contributed by atoms with Crippen LogP contribution in [0.4, 0.5) is 10.5 Å². The Morgan fingerprint density at radius 2 is 1.97 bits per heavy atom. The zero-order chi connectivity index (χ0) is 23.3. The Balaban J connectivity index is 1.74. The summed E-state index contributed by atoms with van der Waals surface area (Å²) < 4.78 is 11.9. The highest BCUT2D eigenvalue weighted by Crippen LogP contribution is 2.39. The smallest absolute Gasteiger partial charge is 0.414 e. The molecule has 1 heterocycles. The number of alkyl carbamates (subject to hydrolysis) is 1. The van der Waals surface area contributed by atoms with E-state index in [9.17, 15) is 14.4 Å². The van der Waals surface area contributed by atoms with Crippen LogP contribution in [-0.2, 0) is 9.53 Å². The number of hydrogen-bond donors (Lipinski definition) is 2. The van der Waals surface area contributed by atoms with Gasteiger partial charge in [-0.3, -0.25) is 20.3 Å². The maximum atomic E-state index is 11.9. The molecule has 0 atom stereocenters. The van der Waals surface area contributed by atoms with E-state index in [1.165, 1.54) is 24.3 Å². The number of anilines is 1. The minimum atomic E-state index is -1.04. The lowest BCUT2D eigenvalue weighted by Gasteiger charge is -2.13. The second kappa shape index (κ2) is 10.2. The molecule has 0 bridgehead atoms. The Bertz CT molecular complexity index is 1160. The van der Waals surface area contributed by atoms with E-state index in [0.717, 1.165) is 12.8 Å². The Kier molecular flexibility index (Phi) is 7.35. The van der Waals surface area contributed by atoms with Gasteiger partial charge in [0.15, 0.2) is 5.75 Å². The lowest BCUT2D eigenvalue weighted by Crippen LogP contribution is -2.36. The van der Waals surface area contributed by atoms with Crippen molar-refractivity contribution in [1.82, 2.24) is 9.88 Å². The van der Waals surface area contributed by atoms with Gasteiger partial charge in [-0.15, -0.1) is 0 Å². The maximum absolute atomic E-state index is 11.9. The summed E-state index contributed by atoms with van der Waals surface area (Å²) in [6.07, 6.45) is 2.48. The van der Waals surface area contributed by atoms with Crippen LogP contribution in [0.15, 0.2) is 40.4 Å². The molecule has 10 nitrogen and oxygen atoms in total. The van der Waals surface area contributed by atoms with E-state index in [1.807, 2.05) is 5.32 Å². The molecule has 32 heavy (non-hydrogen) atoms. The number of nitrogens with zero attached hydrogens (tertiary/aromatic N) is 3. The van der Waals surface area contributed by atoms with Crippen molar-refractivity contribution in [3.8, 4) is 17.6 Å². The minimum absolute atomic E-state index is 0.0590. The van der Waals surface area contributed by atoms with Crippen LogP contribution in [-0.4, -0.2) is 28.9 Å². The van der Waals surface area contributed by atoms with Gasteiger partial charge in [0, 0.05) is 12.1 Å². The number of aromatic nitrogens is 1. The van der Waals surface area contributed by atoms with Gasteiger partial charge in [-0.25, -0.2) is 4.79 Å². The van der Waals surface area contributed by atoms with Crippen molar-refractivity contribution in [2.24, 2.45) is 5.10 Å². The normalized spacial score (nSPS) is 13.1. The molecule has 0 unspecified atom stereocenters. The summed E-state index contributed by atoms with van der Waals surface area (Å²) in [5, 5.41) is 14.8. The van der Waals surface area contributed by atoms with Gasteiger partial charge in [-0.1, -0.05) is 23.2 Å². The molecule has 1 saturated carbocycles. The summed E-state index contributed by atoms with van der Waals surface area (Å²) in [6.45, 7) is 1.62. The maximum Gasteiger partial charge on any atom is 0.414 e. The molecule has 1 aliphatic carbocycles. The number of nitriles is 1. The molecule has 12 heteroatoms. The predicted octanol–water partition coefficient (Wildman–Crippen LogP) is 3.85. The third kappa shape index (κ3) is 5.78. The van der Waals surface area contributed by atoms with Gasteiger partial charge in [0.2, 0.25) is 5.71 Å². The van der Waals surface area contributed by atoms with Gasteiger partial charge in [0.1, 0.15) is 11.8 Å². The number of amides is 2. The highest BCUT2D eigenvalue weighted by Gasteiger charge is 2.24. The van der Waals surface area contributed by atoms with Gasteiger partial charge < -0.3 is 14.0 Å². The van der Waals surface area contributed by atoms with E-state index in [1.54, 1.807) is 23.8 Å². The fraction of sp³-hybridized carbons (Fsp3) is 0.250. The first-order valence-corrected chi connectivity index (χ1v) is 10.2. The van der Waals surface area contributed by atoms with Crippen molar-refractivity contribution in [2.75, 3.05) is 12.0 Å². The summed E-state index contributed by atoms with van der Waals surface area (Å²) in [6, 6.07) is 7.51. The fourth-order valence-corrected chi connectivity index (χ4v) is 3.15. The lowest BCUT2D eigenvalue weighted by atomic mass is 10.3. The average Bonchev–Trinajstić information content (AvgIpc) is 3.57. The van der Waals surface area contributed by atoms with Crippen LogP contribution in [0.5, 0.6) is 11.5 Å². The van der Waals surface area contributed by atoms with Crippen molar-refractivity contribution in [2.45, 2.75) is 25.8 Å². The van der Waals surface area contributed by atoms with E-state index in [-0.39, 0.29) is 39.7 Å². The quantitative estimate of drug-likeness (QED) is 0.456. The van der Waals surface area contributed by atoms with Crippen molar-refractivity contribution in [3.63, 3.8) is 0 Å². The topological polar surface area (TPSA) is 135 Å². The van der Waals surface area contributed by atoms with Crippen LogP contribution in [0, 0.1) is 11.3 Å². The number of carbonyl (C=O) groups is 2. The fourth-order valence-electron chi connectivity index (χ4n) is 2.59. The number of imide groups is 1. The first-order chi connectivity index (χ1) is 15.3. The molecule has 2 aromatic rings. The van der Waals surface area contributed by atoms with Crippen molar-refractivity contribution in [3.05, 3.63) is 50.9 Å². The van der Waals surface area contributed by atoms with Crippen LogP contribution >= 0.6 is 23.2 Å². The highest BCUT2D eigenvalue weighted by atomic mass is 35.5.